The number of benzene rings is 2. The number of aromatic carboxylic acids is 1. The molecule has 1 N–H and O–H groups in total. The number of pyridine rings is 1. The molecule has 2 aromatic heterocycles. The number of carbonyl (C=O) groups is 1. The van der Waals surface area contributed by atoms with Gasteiger partial charge in [0.15, 0.2) is 5.69 Å². The molecule has 0 radical (unpaired) electrons. The maximum Gasteiger partial charge on any atom is 0.354 e. The standard InChI is InChI=1S/C29H28F2N4O3/c1-34-16-21(15-32-34)23-12-19-3-2-8-35(26(19)14-24(23)27(30)31)28-22-5-4-18(17-6-9-38-10-7-17)11-20(22)13-25(33-28)29(36)37/h4-5,11-17,27H,2-3,6-10H2,1H3,(H,36,37). The summed E-state index contributed by atoms with van der Waals surface area (Å²) in [5.74, 6) is -0.288. The minimum atomic E-state index is -2.68. The Bertz CT molecular complexity index is 1530. The molecule has 2 aliphatic rings. The summed E-state index contributed by atoms with van der Waals surface area (Å²) in [6.07, 6.45) is 4.00. The lowest BCUT2D eigenvalue weighted by molar-refractivity contribution is 0.0690. The van der Waals surface area contributed by atoms with E-state index in [1.54, 1.807) is 36.3 Å². The fourth-order valence-corrected chi connectivity index (χ4v) is 5.72. The van der Waals surface area contributed by atoms with Crippen molar-refractivity contribution in [3.8, 4) is 11.1 Å². The predicted molar refractivity (Wildman–Crippen MR) is 140 cm³/mol. The van der Waals surface area contributed by atoms with Crippen molar-refractivity contribution in [1.82, 2.24) is 14.8 Å². The Balaban J connectivity index is 1.50. The predicted octanol–water partition coefficient (Wildman–Crippen LogP) is 6.25. The molecule has 0 spiro atoms. The second-order valence-corrected chi connectivity index (χ2v) is 10.0. The molecule has 9 heteroatoms. The molecule has 0 saturated carbocycles. The lowest BCUT2D eigenvalue weighted by atomic mass is 9.90. The van der Waals surface area contributed by atoms with Gasteiger partial charge >= 0.3 is 5.97 Å². The van der Waals surface area contributed by atoms with Crippen LogP contribution in [-0.2, 0) is 18.2 Å². The topological polar surface area (TPSA) is 80.5 Å². The van der Waals surface area contributed by atoms with Crippen molar-refractivity contribution < 1.29 is 23.4 Å². The Morgan fingerprint density at radius 2 is 1.97 bits per heavy atom. The van der Waals surface area contributed by atoms with Crippen molar-refractivity contribution in [1.29, 1.82) is 0 Å². The zero-order chi connectivity index (χ0) is 26.4. The highest BCUT2D eigenvalue weighted by molar-refractivity contribution is 6.00. The number of nitrogens with zero attached hydrogens (tertiary/aromatic N) is 4. The molecule has 2 aliphatic heterocycles. The first-order chi connectivity index (χ1) is 18.4. The monoisotopic (exact) mass is 518 g/mol. The Morgan fingerprint density at radius 3 is 2.68 bits per heavy atom. The van der Waals surface area contributed by atoms with Gasteiger partial charge in [-0.15, -0.1) is 0 Å². The first-order valence-corrected chi connectivity index (χ1v) is 12.9. The zero-order valence-corrected chi connectivity index (χ0v) is 21.0. The van der Waals surface area contributed by atoms with E-state index in [1.165, 1.54) is 0 Å². The van der Waals surface area contributed by atoms with Gasteiger partial charge in [0.2, 0.25) is 0 Å². The fraction of sp³-hybridized carbons (Fsp3) is 0.345. The van der Waals surface area contributed by atoms with E-state index in [4.69, 9.17) is 4.74 Å². The summed E-state index contributed by atoms with van der Waals surface area (Å²) in [4.78, 5) is 18.5. The molecule has 4 heterocycles. The quantitative estimate of drug-likeness (QED) is 0.336. The normalized spacial score (nSPS) is 16.3. The van der Waals surface area contributed by atoms with Crippen LogP contribution in [0, 0.1) is 0 Å². The van der Waals surface area contributed by atoms with Crippen LogP contribution in [0.4, 0.5) is 20.3 Å². The van der Waals surface area contributed by atoms with E-state index in [9.17, 15) is 18.7 Å². The third-order valence-corrected chi connectivity index (χ3v) is 7.62. The number of carboxylic acids is 1. The van der Waals surface area contributed by atoms with Gasteiger partial charge in [-0.1, -0.05) is 18.2 Å². The van der Waals surface area contributed by atoms with Crippen LogP contribution < -0.4 is 4.90 Å². The van der Waals surface area contributed by atoms with E-state index >= 15 is 0 Å². The highest BCUT2D eigenvalue weighted by Crippen LogP contribution is 2.43. The Morgan fingerprint density at radius 1 is 1.16 bits per heavy atom. The molecule has 38 heavy (non-hydrogen) atoms. The van der Waals surface area contributed by atoms with Crippen LogP contribution in [0.5, 0.6) is 0 Å². The van der Waals surface area contributed by atoms with E-state index in [-0.39, 0.29) is 11.3 Å². The number of aryl methyl sites for hydroxylation is 2. The molecule has 1 saturated heterocycles. The van der Waals surface area contributed by atoms with Crippen LogP contribution in [0.3, 0.4) is 0 Å². The third-order valence-electron chi connectivity index (χ3n) is 7.62. The molecule has 6 rings (SSSR count). The SMILES string of the molecule is Cn1cc(-c2cc3c(cc2C(F)F)N(c2nc(C(=O)O)cc4cc(C5CCOCC5)ccc24)CCC3)cn1. The van der Waals surface area contributed by atoms with Crippen LogP contribution in [-0.4, -0.2) is 45.6 Å². The molecular formula is C29H28F2N4O3. The first kappa shape index (κ1) is 24.5. The van der Waals surface area contributed by atoms with E-state index in [0.717, 1.165) is 47.6 Å². The number of ether oxygens (including phenoxy) is 1. The van der Waals surface area contributed by atoms with Crippen molar-refractivity contribution in [2.24, 2.45) is 7.05 Å². The Hall–Kier alpha value is -3.85. The highest BCUT2D eigenvalue weighted by atomic mass is 19.3. The number of carboxylic acid groups (broad SMARTS) is 1. The average molecular weight is 519 g/mol. The van der Waals surface area contributed by atoms with Crippen molar-refractivity contribution in [2.75, 3.05) is 24.7 Å². The van der Waals surface area contributed by atoms with E-state index < -0.39 is 12.4 Å². The van der Waals surface area contributed by atoms with Crippen molar-refractivity contribution in [2.45, 2.75) is 38.0 Å². The van der Waals surface area contributed by atoms with Gasteiger partial charge in [-0.25, -0.2) is 18.6 Å². The minimum Gasteiger partial charge on any atom is -0.477 e. The molecule has 0 bridgehead atoms. The molecule has 0 unspecified atom stereocenters. The molecule has 2 aromatic carbocycles. The molecular weight excluding hydrogens is 490 g/mol. The molecule has 4 aromatic rings. The van der Waals surface area contributed by atoms with Gasteiger partial charge < -0.3 is 14.7 Å². The largest absolute Gasteiger partial charge is 0.477 e. The lowest BCUT2D eigenvalue weighted by Crippen LogP contribution is -2.26. The second kappa shape index (κ2) is 9.79. The van der Waals surface area contributed by atoms with Gasteiger partial charge in [-0.2, -0.15) is 5.10 Å². The number of aromatic nitrogens is 3. The van der Waals surface area contributed by atoms with E-state index in [0.29, 0.717) is 48.3 Å². The molecule has 196 valence electrons. The molecule has 7 nitrogen and oxygen atoms in total. The Labute approximate surface area is 218 Å². The van der Waals surface area contributed by atoms with Gasteiger partial charge in [0.1, 0.15) is 5.82 Å². The first-order valence-electron chi connectivity index (χ1n) is 12.9. The molecule has 1 fully saturated rings. The summed E-state index contributed by atoms with van der Waals surface area (Å²) in [7, 11) is 1.76. The van der Waals surface area contributed by atoms with Crippen molar-refractivity contribution >= 4 is 28.2 Å². The summed E-state index contributed by atoms with van der Waals surface area (Å²) >= 11 is 0. The number of hydrogen-bond donors (Lipinski definition) is 1. The number of alkyl halides is 2. The van der Waals surface area contributed by atoms with Crippen LogP contribution in [0.1, 0.15) is 58.8 Å². The molecule has 0 amide bonds. The highest BCUT2D eigenvalue weighted by Gasteiger charge is 2.27. The van der Waals surface area contributed by atoms with E-state index in [2.05, 4.69) is 16.1 Å². The van der Waals surface area contributed by atoms with Crippen LogP contribution in [0.15, 0.2) is 48.8 Å². The van der Waals surface area contributed by atoms with E-state index in [1.807, 2.05) is 23.1 Å². The van der Waals surface area contributed by atoms with Gasteiger partial charge in [0, 0.05) is 55.2 Å². The number of halogens is 2. The van der Waals surface area contributed by atoms with Gasteiger partial charge in [-0.05, 0) is 71.9 Å². The fourth-order valence-electron chi connectivity index (χ4n) is 5.72. The molecule has 0 aliphatic carbocycles. The summed E-state index contributed by atoms with van der Waals surface area (Å²) in [5.41, 5.74) is 3.67. The second-order valence-electron chi connectivity index (χ2n) is 10.0. The van der Waals surface area contributed by atoms with Crippen molar-refractivity contribution in [3.05, 3.63) is 71.2 Å². The number of hydrogen-bond acceptors (Lipinski definition) is 5. The number of anilines is 2. The summed E-state index contributed by atoms with van der Waals surface area (Å²) < 4.78 is 35.7. The van der Waals surface area contributed by atoms with Crippen LogP contribution in [0.2, 0.25) is 0 Å². The molecule has 0 atom stereocenters. The van der Waals surface area contributed by atoms with Gasteiger partial charge in [0.25, 0.3) is 6.43 Å². The summed E-state index contributed by atoms with van der Waals surface area (Å²) in [6, 6.07) is 11.1. The number of rotatable bonds is 5. The van der Waals surface area contributed by atoms with Crippen LogP contribution in [0.25, 0.3) is 21.9 Å². The van der Waals surface area contributed by atoms with Gasteiger partial charge in [-0.3, -0.25) is 4.68 Å². The number of fused-ring (bicyclic) bond motifs is 2. The maximum atomic E-state index is 14.3. The third kappa shape index (κ3) is 4.41. The summed E-state index contributed by atoms with van der Waals surface area (Å²) in [6.45, 7) is 1.97. The average Bonchev–Trinajstić information content (AvgIpc) is 3.37. The Kier molecular flexibility index (Phi) is 6.31. The van der Waals surface area contributed by atoms with Crippen molar-refractivity contribution in [3.63, 3.8) is 0 Å². The summed E-state index contributed by atoms with van der Waals surface area (Å²) in [5, 5.41) is 15.6. The minimum absolute atomic E-state index is 0.0650. The smallest absolute Gasteiger partial charge is 0.354 e. The van der Waals surface area contributed by atoms with Crippen LogP contribution >= 0.6 is 0 Å². The van der Waals surface area contributed by atoms with Gasteiger partial charge in [0.05, 0.1) is 6.20 Å². The lowest BCUT2D eigenvalue weighted by Gasteiger charge is -2.33. The maximum absolute atomic E-state index is 14.3. The zero-order valence-electron chi connectivity index (χ0n) is 21.0.